The molecule has 2 heteroatoms. The molecule has 1 aliphatic rings. The van der Waals surface area contributed by atoms with Gasteiger partial charge in [-0.25, -0.2) is 0 Å². The van der Waals surface area contributed by atoms with Crippen molar-refractivity contribution in [3.05, 3.63) is 11.6 Å². The van der Waals surface area contributed by atoms with E-state index in [4.69, 9.17) is 0 Å². The summed E-state index contributed by atoms with van der Waals surface area (Å²) in [5, 5.41) is 0. The zero-order valence-corrected chi connectivity index (χ0v) is 13.2. The van der Waals surface area contributed by atoms with Gasteiger partial charge in [0.1, 0.15) is 11.6 Å². The monoisotopic (exact) mass is 264 g/mol. The molecule has 0 saturated heterocycles. The SMILES string of the molecule is CCC(C(C(C)=O)C(C)=O)C1C(C)=CCCC1(C)C. The molecule has 1 rings (SSSR count). The molecule has 0 aromatic heterocycles. The third-order valence-corrected chi connectivity index (χ3v) is 4.79. The van der Waals surface area contributed by atoms with Crippen LogP contribution in [0, 0.1) is 23.2 Å². The summed E-state index contributed by atoms with van der Waals surface area (Å²) in [6, 6.07) is 0. The second-order valence-electron chi connectivity index (χ2n) is 6.72. The Morgan fingerprint density at radius 2 is 1.84 bits per heavy atom. The zero-order chi connectivity index (χ0) is 14.8. The standard InChI is InChI=1S/C17H28O2/c1-7-14(15(12(3)18)13(4)19)16-11(2)9-8-10-17(16,5)6/h9,14-16H,7-8,10H2,1-6H3. The summed E-state index contributed by atoms with van der Waals surface area (Å²) in [5.74, 6) is 0.0865. The second-order valence-corrected chi connectivity index (χ2v) is 6.72. The average molecular weight is 264 g/mol. The van der Waals surface area contributed by atoms with Crippen LogP contribution in [0.3, 0.4) is 0 Å². The molecule has 2 nitrogen and oxygen atoms in total. The lowest BCUT2D eigenvalue weighted by atomic mass is 9.59. The summed E-state index contributed by atoms with van der Waals surface area (Å²) in [6.45, 7) is 11.9. The van der Waals surface area contributed by atoms with Gasteiger partial charge in [-0.1, -0.05) is 38.8 Å². The fourth-order valence-corrected chi connectivity index (χ4v) is 4.04. The molecule has 0 bridgehead atoms. The molecule has 0 radical (unpaired) electrons. The molecule has 2 atom stereocenters. The number of hydrogen-bond donors (Lipinski definition) is 0. The van der Waals surface area contributed by atoms with E-state index in [1.165, 1.54) is 5.57 Å². The Labute approximate surface area is 117 Å². The number of ketones is 2. The Hall–Kier alpha value is -0.920. The van der Waals surface area contributed by atoms with E-state index in [0.717, 1.165) is 19.3 Å². The number of Topliss-reactive ketones (excluding diaryl/α,β-unsaturated/α-hetero) is 2. The van der Waals surface area contributed by atoms with Gasteiger partial charge in [0.15, 0.2) is 0 Å². The largest absolute Gasteiger partial charge is 0.299 e. The van der Waals surface area contributed by atoms with Gasteiger partial charge in [0, 0.05) is 0 Å². The lowest BCUT2D eigenvalue weighted by Crippen LogP contribution is -2.41. The van der Waals surface area contributed by atoms with Crippen LogP contribution in [0.5, 0.6) is 0 Å². The first kappa shape index (κ1) is 16.1. The second kappa shape index (κ2) is 6.02. The Bertz CT molecular complexity index is 376. The molecule has 0 aliphatic heterocycles. The van der Waals surface area contributed by atoms with Crippen LogP contribution < -0.4 is 0 Å². The quantitative estimate of drug-likeness (QED) is 0.551. The molecule has 0 amide bonds. The molecule has 0 aromatic carbocycles. The van der Waals surface area contributed by atoms with E-state index < -0.39 is 5.92 Å². The third kappa shape index (κ3) is 3.34. The van der Waals surface area contributed by atoms with Crippen molar-refractivity contribution in [2.24, 2.45) is 23.2 Å². The zero-order valence-electron chi connectivity index (χ0n) is 13.2. The summed E-state index contributed by atoms with van der Waals surface area (Å²) < 4.78 is 0. The van der Waals surface area contributed by atoms with E-state index in [0.29, 0.717) is 5.92 Å². The van der Waals surface area contributed by atoms with Crippen molar-refractivity contribution in [3.63, 3.8) is 0 Å². The Morgan fingerprint density at radius 3 is 2.21 bits per heavy atom. The van der Waals surface area contributed by atoms with E-state index in [2.05, 4.69) is 33.8 Å². The van der Waals surface area contributed by atoms with Crippen LogP contribution in [0.15, 0.2) is 11.6 Å². The number of rotatable bonds is 5. The first-order chi connectivity index (χ1) is 8.72. The molecule has 0 heterocycles. The van der Waals surface area contributed by atoms with Crippen molar-refractivity contribution in [1.29, 1.82) is 0 Å². The van der Waals surface area contributed by atoms with Crippen LogP contribution in [-0.4, -0.2) is 11.6 Å². The highest BCUT2D eigenvalue weighted by molar-refractivity contribution is 6.00. The summed E-state index contributed by atoms with van der Waals surface area (Å²) in [7, 11) is 0. The first-order valence-electron chi connectivity index (χ1n) is 7.40. The minimum Gasteiger partial charge on any atom is -0.299 e. The van der Waals surface area contributed by atoms with Gasteiger partial charge in [0.05, 0.1) is 5.92 Å². The van der Waals surface area contributed by atoms with Gasteiger partial charge in [-0.05, 0) is 50.9 Å². The Morgan fingerprint density at radius 1 is 1.32 bits per heavy atom. The molecule has 0 spiro atoms. The van der Waals surface area contributed by atoms with Gasteiger partial charge in [-0.15, -0.1) is 0 Å². The summed E-state index contributed by atoms with van der Waals surface area (Å²) in [4.78, 5) is 23.8. The topological polar surface area (TPSA) is 34.1 Å². The van der Waals surface area contributed by atoms with Crippen molar-refractivity contribution in [3.8, 4) is 0 Å². The predicted octanol–water partition coefficient (Wildman–Crippen LogP) is 4.19. The van der Waals surface area contributed by atoms with Crippen LogP contribution in [-0.2, 0) is 9.59 Å². The highest BCUT2D eigenvalue weighted by atomic mass is 16.1. The van der Waals surface area contributed by atoms with Crippen molar-refractivity contribution < 1.29 is 9.59 Å². The predicted molar refractivity (Wildman–Crippen MR) is 78.9 cm³/mol. The molecule has 2 unspecified atom stereocenters. The molecule has 0 saturated carbocycles. The van der Waals surface area contributed by atoms with Gasteiger partial charge in [0.2, 0.25) is 0 Å². The number of allylic oxidation sites excluding steroid dienone is 2. The van der Waals surface area contributed by atoms with Gasteiger partial charge < -0.3 is 0 Å². The lowest BCUT2D eigenvalue weighted by Gasteiger charge is -2.44. The molecular formula is C17H28O2. The van der Waals surface area contributed by atoms with Crippen molar-refractivity contribution >= 4 is 11.6 Å². The van der Waals surface area contributed by atoms with Crippen molar-refractivity contribution in [2.75, 3.05) is 0 Å². The summed E-state index contributed by atoms with van der Waals surface area (Å²) in [6.07, 6.45) is 5.41. The van der Waals surface area contributed by atoms with E-state index in [1.807, 2.05) is 0 Å². The van der Waals surface area contributed by atoms with Crippen molar-refractivity contribution in [2.45, 2.75) is 60.8 Å². The minimum absolute atomic E-state index is 0.0218. The van der Waals surface area contributed by atoms with Crippen molar-refractivity contribution in [1.82, 2.24) is 0 Å². The highest BCUT2D eigenvalue weighted by Gasteiger charge is 2.43. The Balaban J connectivity index is 3.20. The lowest BCUT2D eigenvalue weighted by molar-refractivity contribution is -0.134. The van der Waals surface area contributed by atoms with E-state index in [9.17, 15) is 9.59 Å². The van der Waals surface area contributed by atoms with Crippen LogP contribution in [0.1, 0.15) is 60.8 Å². The Kier molecular flexibility index (Phi) is 5.11. The minimum atomic E-state index is -0.435. The molecule has 0 fully saturated rings. The normalized spacial score (nSPS) is 23.9. The van der Waals surface area contributed by atoms with E-state index >= 15 is 0 Å². The molecule has 108 valence electrons. The van der Waals surface area contributed by atoms with E-state index in [-0.39, 0.29) is 22.9 Å². The average Bonchev–Trinajstić information content (AvgIpc) is 2.24. The maximum Gasteiger partial charge on any atom is 0.140 e. The molecule has 19 heavy (non-hydrogen) atoms. The maximum atomic E-state index is 11.9. The van der Waals surface area contributed by atoms with Gasteiger partial charge in [0.25, 0.3) is 0 Å². The van der Waals surface area contributed by atoms with E-state index in [1.54, 1.807) is 13.8 Å². The highest BCUT2D eigenvalue weighted by Crippen LogP contribution is 2.48. The van der Waals surface area contributed by atoms with Gasteiger partial charge in [-0.2, -0.15) is 0 Å². The van der Waals surface area contributed by atoms with Gasteiger partial charge in [-0.3, -0.25) is 9.59 Å². The van der Waals surface area contributed by atoms with Gasteiger partial charge >= 0.3 is 0 Å². The molecule has 0 aromatic rings. The summed E-state index contributed by atoms with van der Waals surface area (Å²) in [5.41, 5.74) is 1.53. The van der Waals surface area contributed by atoms with Crippen LogP contribution in [0.4, 0.5) is 0 Å². The fourth-order valence-electron chi connectivity index (χ4n) is 4.04. The maximum absolute atomic E-state index is 11.9. The van der Waals surface area contributed by atoms with Crippen LogP contribution in [0.25, 0.3) is 0 Å². The first-order valence-corrected chi connectivity index (χ1v) is 7.40. The molecular weight excluding hydrogens is 236 g/mol. The van der Waals surface area contributed by atoms with Crippen LogP contribution >= 0.6 is 0 Å². The number of hydrogen-bond acceptors (Lipinski definition) is 2. The molecule has 0 N–H and O–H groups in total. The smallest absolute Gasteiger partial charge is 0.140 e. The fraction of sp³-hybridized carbons (Fsp3) is 0.765. The summed E-state index contributed by atoms with van der Waals surface area (Å²) >= 11 is 0. The number of carbonyl (C=O) groups excluding carboxylic acids is 2. The molecule has 1 aliphatic carbocycles. The van der Waals surface area contributed by atoms with Crippen LogP contribution in [0.2, 0.25) is 0 Å². The third-order valence-electron chi connectivity index (χ3n) is 4.79. The number of carbonyl (C=O) groups is 2.